The normalized spacial score (nSPS) is 16.7. The predicted molar refractivity (Wildman–Crippen MR) is 114 cm³/mol. The van der Waals surface area contributed by atoms with E-state index in [1.54, 1.807) is 30.1 Å². The predicted octanol–water partition coefficient (Wildman–Crippen LogP) is 2.75. The quantitative estimate of drug-likeness (QED) is 0.783. The van der Waals surface area contributed by atoms with Gasteiger partial charge in [-0.15, -0.1) is 0 Å². The van der Waals surface area contributed by atoms with Gasteiger partial charge in [-0.05, 0) is 50.2 Å². The Labute approximate surface area is 173 Å². The molecule has 0 aliphatic carbocycles. The first kappa shape index (κ1) is 21.0. The van der Waals surface area contributed by atoms with Crippen molar-refractivity contribution in [2.24, 2.45) is 5.92 Å². The van der Waals surface area contributed by atoms with E-state index in [4.69, 9.17) is 0 Å². The molecule has 1 unspecified atom stereocenters. The molecule has 1 aliphatic rings. The zero-order valence-corrected chi connectivity index (χ0v) is 17.8. The zero-order chi connectivity index (χ0) is 21.0. The van der Waals surface area contributed by atoms with Gasteiger partial charge in [-0.3, -0.25) is 14.6 Å². The number of carbonyl (C=O) groups excluding carboxylic acids is 2. The van der Waals surface area contributed by atoms with Crippen molar-refractivity contribution in [1.29, 1.82) is 0 Å². The summed E-state index contributed by atoms with van der Waals surface area (Å²) < 4.78 is 0. The van der Waals surface area contributed by atoms with Gasteiger partial charge in [-0.2, -0.15) is 0 Å². The number of likely N-dealkylation sites (tertiary alicyclic amines) is 1. The number of piperidine rings is 1. The first-order chi connectivity index (χ1) is 13.9. The number of hydrogen-bond acceptors (Lipinski definition) is 4. The molecule has 0 N–H and O–H groups in total. The fourth-order valence-electron chi connectivity index (χ4n) is 3.89. The van der Waals surface area contributed by atoms with Crippen molar-refractivity contribution in [1.82, 2.24) is 19.7 Å². The number of pyridine rings is 1. The van der Waals surface area contributed by atoms with Gasteiger partial charge >= 0.3 is 0 Å². The number of nitrogens with zero attached hydrogens (tertiary/aromatic N) is 4. The molecule has 1 saturated heterocycles. The summed E-state index contributed by atoms with van der Waals surface area (Å²) >= 11 is 0. The van der Waals surface area contributed by atoms with Crippen molar-refractivity contribution < 1.29 is 9.59 Å². The molecule has 154 valence electrons. The minimum absolute atomic E-state index is 0.0835. The lowest BCUT2D eigenvalue weighted by atomic mass is 9.95. The molecule has 29 heavy (non-hydrogen) atoms. The van der Waals surface area contributed by atoms with Crippen LogP contribution in [0.2, 0.25) is 0 Å². The van der Waals surface area contributed by atoms with Gasteiger partial charge in [0.05, 0.1) is 5.92 Å². The fraction of sp³-hybridized carbons (Fsp3) is 0.435. The number of benzene rings is 1. The third-order valence-electron chi connectivity index (χ3n) is 5.25. The molecule has 1 aliphatic heterocycles. The molecule has 6 heteroatoms. The number of aromatic nitrogens is 1. The summed E-state index contributed by atoms with van der Waals surface area (Å²) in [5.41, 5.74) is 3.45. The third-order valence-corrected chi connectivity index (χ3v) is 5.25. The highest BCUT2D eigenvalue weighted by molar-refractivity contribution is 5.99. The highest BCUT2D eigenvalue weighted by Gasteiger charge is 2.31. The molecular weight excluding hydrogens is 364 g/mol. The molecule has 0 bridgehead atoms. The van der Waals surface area contributed by atoms with Crippen LogP contribution >= 0.6 is 0 Å². The van der Waals surface area contributed by atoms with Crippen molar-refractivity contribution in [3.63, 3.8) is 0 Å². The summed E-state index contributed by atoms with van der Waals surface area (Å²) in [5.74, 6) is -0.159. The van der Waals surface area contributed by atoms with Crippen molar-refractivity contribution in [2.45, 2.75) is 19.4 Å². The summed E-state index contributed by atoms with van der Waals surface area (Å²) in [6, 6.07) is 12.0. The van der Waals surface area contributed by atoms with E-state index in [1.165, 1.54) is 5.56 Å². The van der Waals surface area contributed by atoms with Crippen LogP contribution in [0.25, 0.3) is 11.1 Å². The zero-order valence-electron chi connectivity index (χ0n) is 17.8. The van der Waals surface area contributed by atoms with Crippen LogP contribution in [0, 0.1) is 5.92 Å². The van der Waals surface area contributed by atoms with Gasteiger partial charge in [0.15, 0.2) is 0 Å². The molecule has 2 aromatic rings. The summed E-state index contributed by atoms with van der Waals surface area (Å²) in [7, 11) is 7.60. The van der Waals surface area contributed by atoms with E-state index < -0.39 is 0 Å². The van der Waals surface area contributed by atoms with Gasteiger partial charge in [0.25, 0.3) is 5.91 Å². The lowest BCUT2D eigenvalue weighted by Gasteiger charge is -2.33. The van der Waals surface area contributed by atoms with Crippen LogP contribution in [-0.4, -0.2) is 72.8 Å². The van der Waals surface area contributed by atoms with E-state index in [2.05, 4.69) is 22.0 Å². The van der Waals surface area contributed by atoms with Crippen molar-refractivity contribution >= 4 is 11.8 Å². The monoisotopic (exact) mass is 394 g/mol. The Morgan fingerprint density at radius 3 is 2.66 bits per heavy atom. The average molecular weight is 395 g/mol. The minimum Gasteiger partial charge on any atom is -0.349 e. The van der Waals surface area contributed by atoms with Gasteiger partial charge in [-0.1, -0.05) is 24.3 Å². The van der Waals surface area contributed by atoms with Crippen LogP contribution in [0.15, 0.2) is 42.6 Å². The van der Waals surface area contributed by atoms with E-state index >= 15 is 0 Å². The van der Waals surface area contributed by atoms with Crippen LogP contribution in [0.4, 0.5) is 0 Å². The summed E-state index contributed by atoms with van der Waals surface area (Å²) in [6.07, 6.45) is 3.31. The number of amides is 2. The molecule has 0 radical (unpaired) electrons. The minimum atomic E-state index is -0.140. The molecule has 1 aromatic heterocycles. The second kappa shape index (κ2) is 9.18. The van der Waals surface area contributed by atoms with E-state index in [0.717, 1.165) is 30.5 Å². The van der Waals surface area contributed by atoms with Gasteiger partial charge < -0.3 is 14.7 Å². The molecule has 0 saturated carbocycles. The SMILES string of the molecule is CN(C)Cc1cccc(-c2cccnc2C(=O)N2CCCC(C(=O)N(C)C)C2)c1. The van der Waals surface area contributed by atoms with Crippen molar-refractivity contribution in [3.05, 3.63) is 53.9 Å². The molecule has 3 rings (SSSR count). The van der Waals surface area contributed by atoms with E-state index in [0.29, 0.717) is 18.8 Å². The molecule has 2 heterocycles. The smallest absolute Gasteiger partial charge is 0.273 e. The van der Waals surface area contributed by atoms with Crippen LogP contribution in [0.5, 0.6) is 0 Å². The molecule has 2 amide bonds. The lowest BCUT2D eigenvalue weighted by molar-refractivity contribution is -0.134. The highest BCUT2D eigenvalue weighted by atomic mass is 16.2. The molecule has 6 nitrogen and oxygen atoms in total. The second-order valence-electron chi connectivity index (χ2n) is 8.16. The summed E-state index contributed by atoms with van der Waals surface area (Å²) in [5, 5.41) is 0. The van der Waals surface area contributed by atoms with Crippen LogP contribution in [0.3, 0.4) is 0 Å². The summed E-state index contributed by atoms with van der Waals surface area (Å²) in [6.45, 7) is 1.94. The van der Waals surface area contributed by atoms with Crippen molar-refractivity contribution in [3.8, 4) is 11.1 Å². The van der Waals surface area contributed by atoms with Gasteiger partial charge in [0.1, 0.15) is 5.69 Å². The molecule has 1 aromatic carbocycles. The van der Waals surface area contributed by atoms with Gasteiger partial charge in [0, 0.05) is 45.5 Å². The maximum Gasteiger partial charge on any atom is 0.273 e. The standard InChI is InChI=1S/C23H30N4O2/c1-25(2)15-17-8-5-9-18(14-17)20-11-6-12-24-21(20)23(29)27-13-7-10-19(16-27)22(28)26(3)4/h5-6,8-9,11-12,14,19H,7,10,13,15-16H2,1-4H3. The maximum absolute atomic E-state index is 13.3. The first-order valence-electron chi connectivity index (χ1n) is 10.1. The Kier molecular flexibility index (Phi) is 6.64. The van der Waals surface area contributed by atoms with Crippen LogP contribution < -0.4 is 0 Å². The van der Waals surface area contributed by atoms with Crippen LogP contribution in [-0.2, 0) is 11.3 Å². The Bertz CT molecular complexity index is 879. The Morgan fingerprint density at radius 1 is 1.14 bits per heavy atom. The van der Waals surface area contributed by atoms with E-state index in [-0.39, 0.29) is 17.7 Å². The van der Waals surface area contributed by atoms with E-state index in [1.807, 2.05) is 38.4 Å². The maximum atomic E-state index is 13.3. The molecule has 1 fully saturated rings. The largest absolute Gasteiger partial charge is 0.349 e. The number of carbonyl (C=O) groups is 2. The van der Waals surface area contributed by atoms with Gasteiger partial charge in [-0.25, -0.2) is 0 Å². The number of rotatable bonds is 5. The second-order valence-corrected chi connectivity index (χ2v) is 8.16. The highest BCUT2D eigenvalue weighted by Crippen LogP contribution is 2.26. The Morgan fingerprint density at radius 2 is 1.93 bits per heavy atom. The topological polar surface area (TPSA) is 56.8 Å². The van der Waals surface area contributed by atoms with Crippen LogP contribution in [0.1, 0.15) is 28.9 Å². The average Bonchev–Trinajstić information content (AvgIpc) is 2.72. The molecular formula is C23H30N4O2. The number of hydrogen-bond donors (Lipinski definition) is 0. The Hall–Kier alpha value is -2.73. The first-order valence-corrected chi connectivity index (χ1v) is 10.1. The van der Waals surface area contributed by atoms with E-state index in [9.17, 15) is 9.59 Å². The van der Waals surface area contributed by atoms with Crippen molar-refractivity contribution in [2.75, 3.05) is 41.3 Å². The summed E-state index contributed by atoms with van der Waals surface area (Å²) in [4.78, 5) is 35.6. The molecule has 1 atom stereocenters. The van der Waals surface area contributed by atoms with Gasteiger partial charge in [0.2, 0.25) is 5.91 Å². The molecule has 0 spiro atoms. The Balaban J connectivity index is 1.87. The lowest BCUT2D eigenvalue weighted by Crippen LogP contribution is -2.45. The third kappa shape index (κ3) is 5.01. The fourth-order valence-corrected chi connectivity index (χ4v) is 3.89.